The first-order chi connectivity index (χ1) is 9.86. The van der Waals surface area contributed by atoms with Crippen LogP contribution in [0.3, 0.4) is 0 Å². The summed E-state index contributed by atoms with van der Waals surface area (Å²) in [5, 5.41) is 10.4. The van der Waals surface area contributed by atoms with E-state index in [4.69, 9.17) is 23.2 Å². The Labute approximate surface area is 135 Å². The standard InChI is InChI=1S/C16H21Cl2NO2/c1-11(20)6-9-19(2)15(21)16(7-3-8-16)12-4-5-13(17)14(18)10-12/h4-5,10-11,20H,3,6-9H2,1-2H3. The van der Waals surface area contributed by atoms with Crippen LogP contribution in [-0.4, -0.2) is 35.6 Å². The Balaban J connectivity index is 2.20. The number of hydrogen-bond donors (Lipinski definition) is 1. The third-order valence-electron chi connectivity index (χ3n) is 4.32. The molecule has 0 heterocycles. The molecule has 116 valence electrons. The number of aliphatic hydroxyl groups is 1. The molecule has 1 N–H and O–H groups in total. The van der Waals surface area contributed by atoms with E-state index in [2.05, 4.69) is 0 Å². The fraction of sp³-hybridized carbons (Fsp3) is 0.562. The Morgan fingerprint density at radius 3 is 2.52 bits per heavy atom. The molecule has 1 atom stereocenters. The fourth-order valence-electron chi connectivity index (χ4n) is 2.80. The van der Waals surface area contributed by atoms with Gasteiger partial charge in [-0.15, -0.1) is 0 Å². The predicted octanol–water partition coefficient (Wildman–Crippen LogP) is 3.64. The summed E-state index contributed by atoms with van der Waals surface area (Å²) in [6.45, 7) is 2.29. The van der Waals surface area contributed by atoms with Gasteiger partial charge in [0.05, 0.1) is 21.6 Å². The quantitative estimate of drug-likeness (QED) is 0.895. The Morgan fingerprint density at radius 1 is 1.38 bits per heavy atom. The number of amides is 1. The van der Waals surface area contributed by atoms with Gasteiger partial charge in [-0.2, -0.15) is 0 Å². The molecule has 0 aromatic heterocycles. The summed E-state index contributed by atoms with van der Waals surface area (Å²) in [6, 6.07) is 5.46. The molecule has 1 saturated carbocycles. The van der Waals surface area contributed by atoms with Gasteiger partial charge in [0.2, 0.25) is 5.91 Å². The molecular formula is C16H21Cl2NO2. The van der Waals surface area contributed by atoms with Crippen LogP contribution in [0.15, 0.2) is 18.2 Å². The van der Waals surface area contributed by atoms with E-state index in [1.54, 1.807) is 24.9 Å². The van der Waals surface area contributed by atoms with Gasteiger partial charge in [0.1, 0.15) is 0 Å². The number of halogens is 2. The zero-order valence-electron chi connectivity index (χ0n) is 12.4. The van der Waals surface area contributed by atoms with Crippen LogP contribution in [0.25, 0.3) is 0 Å². The van der Waals surface area contributed by atoms with Crippen LogP contribution in [0.5, 0.6) is 0 Å². The van der Waals surface area contributed by atoms with Gasteiger partial charge in [0.15, 0.2) is 0 Å². The lowest BCUT2D eigenvalue weighted by molar-refractivity contribution is -0.139. The second kappa shape index (κ2) is 6.55. The Bertz CT molecular complexity index is 527. The van der Waals surface area contributed by atoms with Crippen LogP contribution < -0.4 is 0 Å². The van der Waals surface area contributed by atoms with Gasteiger partial charge in [-0.25, -0.2) is 0 Å². The third kappa shape index (κ3) is 3.36. The highest BCUT2D eigenvalue weighted by Gasteiger charge is 2.47. The molecule has 1 aromatic rings. The summed E-state index contributed by atoms with van der Waals surface area (Å²) in [7, 11) is 1.79. The van der Waals surface area contributed by atoms with Crippen molar-refractivity contribution >= 4 is 29.1 Å². The summed E-state index contributed by atoms with van der Waals surface area (Å²) in [5.41, 5.74) is 0.471. The predicted molar refractivity (Wildman–Crippen MR) is 85.9 cm³/mol. The smallest absolute Gasteiger partial charge is 0.232 e. The number of hydrogen-bond acceptors (Lipinski definition) is 2. The summed E-state index contributed by atoms with van der Waals surface area (Å²) in [6.07, 6.45) is 2.89. The van der Waals surface area contributed by atoms with E-state index in [0.717, 1.165) is 24.8 Å². The van der Waals surface area contributed by atoms with Gasteiger partial charge in [0.25, 0.3) is 0 Å². The maximum Gasteiger partial charge on any atom is 0.232 e. The molecule has 2 rings (SSSR count). The maximum absolute atomic E-state index is 12.8. The molecule has 21 heavy (non-hydrogen) atoms. The van der Waals surface area contributed by atoms with Crippen molar-refractivity contribution < 1.29 is 9.90 Å². The fourth-order valence-corrected chi connectivity index (χ4v) is 3.10. The van der Waals surface area contributed by atoms with Crippen molar-refractivity contribution in [1.29, 1.82) is 0 Å². The molecule has 1 aromatic carbocycles. The molecule has 0 bridgehead atoms. The number of nitrogens with zero attached hydrogens (tertiary/aromatic N) is 1. The zero-order valence-corrected chi connectivity index (χ0v) is 13.9. The van der Waals surface area contributed by atoms with Crippen molar-refractivity contribution in [2.75, 3.05) is 13.6 Å². The van der Waals surface area contributed by atoms with E-state index in [0.29, 0.717) is 23.0 Å². The Kier molecular flexibility index (Phi) is 5.18. The van der Waals surface area contributed by atoms with Crippen LogP contribution in [0.4, 0.5) is 0 Å². The minimum absolute atomic E-state index is 0.104. The molecular weight excluding hydrogens is 309 g/mol. The molecule has 3 nitrogen and oxygen atoms in total. The molecule has 1 aliphatic carbocycles. The van der Waals surface area contributed by atoms with E-state index >= 15 is 0 Å². The van der Waals surface area contributed by atoms with Gasteiger partial charge >= 0.3 is 0 Å². The van der Waals surface area contributed by atoms with E-state index in [1.807, 2.05) is 12.1 Å². The van der Waals surface area contributed by atoms with Gasteiger partial charge in [-0.1, -0.05) is 35.7 Å². The first kappa shape index (κ1) is 16.6. The minimum atomic E-state index is -0.471. The topological polar surface area (TPSA) is 40.5 Å². The number of likely N-dealkylation sites (N-methyl/N-ethyl adjacent to an activating group) is 1. The number of carbonyl (C=O) groups is 1. The Hall–Kier alpha value is -0.770. The third-order valence-corrected chi connectivity index (χ3v) is 5.06. The lowest BCUT2D eigenvalue weighted by Crippen LogP contribution is -2.50. The molecule has 1 aliphatic rings. The average Bonchev–Trinajstić information content (AvgIpc) is 2.38. The number of benzene rings is 1. The minimum Gasteiger partial charge on any atom is -0.393 e. The van der Waals surface area contributed by atoms with Crippen LogP contribution in [-0.2, 0) is 10.2 Å². The first-order valence-electron chi connectivity index (χ1n) is 7.26. The highest BCUT2D eigenvalue weighted by Crippen LogP contribution is 2.46. The van der Waals surface area contributed by atoms with E-state index in [9.17, 15) is 9.90 Å². The van der Waals surface area contributed by atoms with Crippen molar-refractivity contribution in [1.82, 2.24) is 4.90 Å². The first-order valence-corrected chi connectivity index (χ1v) is 8.01. The average molecular weight is 330 g/mol. The molecule has 0 spiro atoms. The van der Waals surface area contributed by atoms with E-state index < -0.39 is 11.5 Å². The summed E-state index contributed by atoms with van der Waals surface area (Å²) >= 11 is 12.1. The van der Waals surface area contributed by atoms with Crippen molar-refractivity contribution in [3.8, 4) is 0 Å². The largest absolute Gasteiger partial charge is 0.393 e. The van der Waals surface area contributed by atoms with Crippen LogP contribution in [0.2, 0.25) is 10.0 Å². The second-order valence-electron chi connectivity index (χ2n) is 5.93. The van der Waals surface area contributed by atoms with Crippen molar-refractivity contribution in [3.63, 3.8) is 0 Å². The van der Waals surface area contributed by atoms with Crippen LogP contribution in [0.1, 0.15) is 38.2 Å². The molecule has 1 amide bonds. The van der Waals surface area contributed by atoms with Crippen LogP contribution in [0, 0.1) is 0 Å². The Morgan fingerprint density at radius 2 is 2.05 bits per heavy atom. The molecule has 1 unspecified atom stereocenters. The highest BCUT2D eigenvalue weighted by atomic mass is 35.5. The highest BCUT2D eigenvalue weighted by molar-refractivity contribution is 6.42. The number of carbonyl (C=O) groups excluding carboxylic acids is 1. The van der Waals surface area contributed by atoms with Gasteiger partial charge in [0, 0.05) is 13.6 Å². The molecule has 0 radical (unpaired) electrons. The normalized spacial score (nSPS) is 18.0. The molecule has 1 fully saturated rings. The summed E-state index contributed by atoms with van der Waals surface area (Å²) < 4.78 is 0. The second-order valence-corrected chi connectivity index (χ2v) is 6.74. The van der Waals surface area contributed by atoms with Gasteiger partial charge in [-0.05, 0) is 43.9 Å². The van der Waals surface area contributed by atoms with Crippen molar-refractivity contribution in [2.45, 2.75) is 44.1 Å². The monoisotopic (exact) mass is 329 g/mol. The number of rotatable bonds is 5. The van der Waals surface area contributed by atoms with E-state index in [-0.39, 0.29) is 5.91 Å². The summed E-state index contributed by atoms with van der Waals surface area (Å²) in [5.74, 6) is 0.104. The zero-order chi connectivity index (χ0) is 15.6. The summed E-state index contributed by atoms with van der Waals surface area (Å²) in [4.78, 5) is 14.5. The number of aliphatic hydroxyl groups excluding tert-OH is 1. The van der Waals surface area contributed by atoms with Gasteiger partial charge < -0.3 is 10.0 Å². The SMILES string of the molecule is CC(O)CCN(C)C(=O)C1(c2ccc(Cl)c(Cl)c2)CCC1. The van der Waals surface area contributed by atoms with Crippen molar-refractivity contribution in [3.05, 3.63) is 33.8 Å². The lowest BCUT2D eigenvalue weighted by atomic mass is 9.63. The van der Waals surface area contributed by atoms with Crippen LogP contribution >= 0.6 is 23.2 Å². The molecule has 0 saturated heterocycles. The van der Waals surface area contributed by atoms with Gasteiger partial charge in [-0.3, -0.25) is 4.79 Å². The van der Waals surface area contributed by atoms with Crippen molar-refractivity contribution in [2.24, 2.45) is 0 Å². The maximum atomic E-state index is 12.8. The van der Waals surface area contributed by atoms with E-state index in [1.165, 1.54) is 0 Å². The molecule has 5 heteroatoms. The lowest BCUT2D eigenvalue weighted by Gasteiger charge is -2.43. The molecule has 0 aliphatic heterocycles.